The van der Waals surface area contributed by atoms with Crippen LogP contribution in [0.25, 0.3) is 0 Å². The molecular formula is C16H22N2O2. The van der Waals surface area contributed by atoms with E-state index in [0.717, 1.165) is 43.5 Å². The Bertz CT molecular complexity index is 495. The molecule has 2 heterocycles. The third-order valence-corrected chi connectivity index (χ3v) is 4.12. The van der Waals surface area contributed by atoms with E-state index in [0.29, 0.717) is 12.6 Å². The molecular weight excluding hydrogens is 252 g/mol. The van der Waals surface area contributed by atoms with Gasteiger partial charge < -0.3 is 15.4 Å². The van der Waals surface area contributed by atoms with Crippen LogP contribution in [0.4, 0.5) is 11.4 Å². The Labute approximate surface area is 119 Å². The van der Waals surface area contributed by atoms with Crippen LogP contribution in [-0.2, 0) is 16.0 Å². The minimum absolute atomic E-state index is 0.0156. The predicted molar refractivity (Wildman–Crippen MR) is 80.1 cm³/mol. The van der Waals surface area contributed by atoms with Crippen LogP contribution in [0.1, 0.15) is 38.2 Å². The highest BCUT2D eigenvalue weighted by Crippen LogP contribution is 2.32. The third kappa shape index (κ3) is 2.80. The highest BCUT2D eigenvalue weighted by molar-refractivity contribution is 5.97. The van der Waals surface area contributed by atoms with Gasteiger partial charge in [-0.05, 0) is 50.7 Å². The molecule has 2 N–H and O–H groups in total. The van der Waals surface area contributed by atoms with Crippen LogP contribution in [0.3, 0.4) is 0 Å². The second-order valence-electron chi connectivity index (χ2n) is 5.77. The number of carbonyl (C=O) groups excluding carboxylic acids is 1. The number of para-hydroxylation sites is 1. The van der Waals surface area contributed by atoms with Gasteiger partial charge in [0.1, 0.15) is 6.10 Å². The molecule has 4 heteroatoms. The van der Waals surface area contributed by atoms with Crippen molar-refractivity contribution in [3.8, 4) is 0 Å². The number of aryl methyl sites for hydroxylation is 1. The van der Waals surface area contributed by atoms with Gasteiger partial charge in [0.15, 0.2) is 0 Å². The van der Waals surface area contributed by atoms with E-state index in [9.17, 15) is 4.79 Å². The lowest BCUT2D eigenvalue weighted by atomic mass is 9.98. The monoisotopic (exact) mass is 274 g/mol. The number of ether oxygens (including phenoxy) is 1. The molecule has 1 fully saturated rings. The van der Waals surface area contributed by atoms with Crippen molar-refractivity contribution < 1.29 is 9.53 Å². The first-order valence-corrected chi connectivity index (χ1v) is 7.55. The molecule has 0 aliphatic carbocycles. The van der Waals surface area contributed by atoms with Crippen molar-refractivity contribution in [3.63, 3.8) is 0 Å². The Morgan fingerprint density at radius 2 is 2.25 bits per heavy atom. The number of hydrogen-bond donors (Lipinski definition) is 2. The zero-order chi connectivity index (χ0) is 13.9. The Hall–Kier alpha value is -1.55. The Morgan fingerprint density at radius 1 is 1.35 bits per heavy atom. The summed E-state index contributed by atoms with van der Waals surface area (Å²) < 4.78 is 5.54. The molecule has 2 aliphatic heterocycles. The number of carbonyl (C=O) groups is 1. The summed E-state index contributed by atoms with van der Waals surface area (Å²) in [7, 11) is 0. The Balaban J connectivity index is 1.75. The maximum atomic E-state index is 12.3. The Kier molecular flexibility index (Phi) is 3.92. The summed E-state index contributed by atoms with van der Waals surface area (Å²) in [5, 5.41) is 6.52. The maximum absolute atomic E-state index is 12.3. The van der Waals surface area contributed by atoms with Crippen molar-refractivity contribution in [2.24, 2.45) is 0 Å². The van der Waals surface area contributed by atoms with E-state index in [-0.39, 0.29) is 12.0 Å². The highest BCUT2D eigenvalue weighted by Gasteiger charge is 2.24. The molecule has 2 unspecified atom stereocenters. The van der Waals surface area contributed by atoms with Gasteiger partial charge in [0.25, 0.3) is 5.91 Å². The first-order chi connectivity index (χ1) is 9.74. The van der Waals surface area contributed by atoms with Gasteiger partial charge in [-0.2, -0.15) is 0 Å². The average Bonchev–Trinajstić information content (AvgIpc) is 2.49. The minimum atomic E-state index is -0.291. The molecule has 0 saturated carbocycles. The zero-order valence-corrected chi connectivity index (χ0v) is 11.9. The molecule has 0 bridgehead atoms. The van der Waals surface area contributed by atoms with Crippen LogP contribution >= 0.6 is 0 Å². The van der Waals surface area contributed by atoms with Gasteiger partial charge in [0.2, 0.25) is 0 Å². The van der Waals surface area contributed by atoms with E-state index >= 15 is 0 Å². The first kappa shape index (κ1) is 13.4. The van der Waals surface area contributed by atoms with Gasteiger partial charge in [0, 0.05) is 12.6 Å². The van der Waals surface area contributed by atoms with Gasteiger partial charge in [-0.3, -0.25) is 4.79 Å². The molecule has 4 nitrogen and oxygen atoms in total. The van der Waals surface area contributed by atoms with Crippen LogP contribution in [-0.4, -0.2) is 24.7 Å². The fourth-order valence-corrected chi connectivity index (χ4v) is 2.93. The molecule has 1 saturated heterocycles. The van der Waals surface area contributed by atoms with Crippen LogP contribution < -0.4 is 10.6 Å². The molecule has 20 heavy (non-hydrogen) atoms. The van der Waals surface area contributed by atoms with Gasteiger partial charge in [-0.25, -0.2) is 0 Å². The van der Waals surface area contributed by atoms with Crippen molar-refractivity contribution in [1.82, 2.24) is 0 Å². The van der Waals surface area contributed by atoms with Gasteiger partial charge in [0.05, 0.1) is 11.4 Å². The lowest BCUT2D eigenvalue weighted by Crippen LogP contribution is -2.34. The molecule has 2 atom stereocenters. The van der Waals surface area contributed by atoms with E-state index in [4.69, 9.17) is 4.74 Å². The van der Waals surface area contributed by atoms with Crippen LogP contribution in [0.15, 0.2) is 18.2 Å². The van der Waals surface area contributed by atoms with Gasteiger partial charge in [-0.15, -0.1) is 0 Å². The van der Waals surface area contributed by atoms with Crippen LogP contribution in [0, 0.1) is 0 Å². The number of anilines is 2. The maximum Gasteiger partial charge on any atom is 0.253 e. The number of nitrogens with one attached hydrogen (secondary N) is 2. The average molecular weight is 274 g/mol. The predicted octanol–water partition coefficient (Wildman–Crippen LogP) is 2.94. The molecule has 2 aliphatic rings. The van der Waals surface area contributed by atoms with Crippen LogP contribution in [0.2, 0.25) is 0 Å². The van der Waals surface area contributed by atoms with E-state index in [1.165, 1.54) is 5.56 Å². The van der Waals surface area contributed by atoms with Gasteiger partial charge >= 0.3 is 0 Å². The fraction of sp³-hybridized carbons (Fsp3) is 0.562. The largest absolute Gasteiger partial charge is 0.381 e. The van der Waals surface area contributed by atoms with Crippen molar-refractivity contribution in [2.75, 3.05) is 17.2 Å². The summed E-state index contributed by atoms with van der Waals surface area (Å²) in [5.74, 6) is -0.0156. The molecule has 0 radical (unpaired) electrons. The van der Waals surface area contributed by atoms with Crippen molar-refractivity contribution in [1.29, 1.82) is 0 Å². The second kappa shape index (κ2) is 5.83. The number of benzene rings is 1. The molecule has 0 aromatic heterocycles. The number of rotatable bonds is 2. The van der Waals surface area contributed by atoms with Gasteiger partial charge in [-0.1, -0.05) is 12.1 Å². The van der Waals surface area contributed by atoms with E-state index < -0.39 is 0 Å². The molecule has 1 aromatic carbocycles. The number of hydrogen-bond acceptors (Lipinski definition) is 3. The summed E-state index contributed by atoms with van der Waals surface area (Å²) >= 11 is 0. The first-order valence-electron chi connectivity index (χ1n) is 7.55. The zero-order valence-electron chi connectivity index (χ0n) is 11.9. The molecule has 0 spiro atoms. The summed E-state index contributed by atoms with van der Waals surface area (Å²) in [6.07, 6.45) is 4.86. The van der Waals surface area contributed by atoms with E-state index in [2.05, 4.69) is 23.6 Å². The van der Waals surface area contributed by atoms with E-state index in [1.54, 1.807) is 0 Å². The lowest BCUT2D eigenvalue weighted by Gasteiger charge is -2.27. The summed E-state index contributed by atoms with van der Waals surface area (Å²) in [6.45, 7) is 2.87. The second-order valence-corrected chi connectivity index (χ2v) is 5.77. The fourth-order valence-electron chi connectivity index (χ4n) is 2.93. The highest BCUT2D eigenvalue weighted by atomic mass is 16.5. The van der Waals surface area contributed by atoms with E-state index in [1.807, 2.05) is 12.1 Å². The number of fused-ring (bicyclic) bond motifs is 1. The smallest absolute Gasteiger partial charge is 0.253 e. The molecule has 3 rings (SSSR count). The quantitative estimate of drug-likeness (QED) is 0.871. The molecule has 1 amide bonds. The summed E-state index contributed by atoms with van der Waals surface area (Å²) in [6, 6.07) is 6.55. The molecule has 1 aromatic rings. The third-order valence-electron chi connectivity index (χ3n) is 4.12. The van der Waals surface area contributed by atoms with Crippen LogP contribution in [0.5, 0.6) is 0 Å². The van der Waals surface area contributed by atoms with Crippen molar-refractivity contribution >= 4 is 17.3 Å². The standard InChI is InChI=1S/C16H22N2O2/c1-11-8-9-12-5-4-6-13(15(12)17-11)18-16(19)14-7-2-3-10-20-14/h4-6,11,14,17H,2-3,7-10H2,1H3,(H,18,19). The topological polar surface area (TPSA) is 50.4 Å². The lowest BCUT2D eigenvalue weighted by molar-refractivity contribution is -0.129. The molecule has 108 valence electrons. The number of amides is 1. The van der Waals surface area contributed by atoms with Crippen molar-refractivity contribution in [2.45, 2.75) is 51.2 Å². The Morgan fingerprint density at radius 3 is 3.05 bits per heavy atom. The summed E-state index contributed by atoms with van der Waals surface area (Å²) in [5.41, 5.74) is 3.24. The SMILES string of the molecule is CC1CCc2cccc(NC(=O)C3CCCCO3)c2N1. The normalized spacial score (nSPS) is 25.4. The minimum Gasteiger partial charge on any atom is -0.381 e. The van der Waals surface area contributed by atoms with Crippen molar-refractivity contribution in [3.05, 3.63) is 23.8 Å². The summed E-state index contributed by atoms with van der Waals surface area (Å²) in [4.78, 5) is 12.3.